The number of halogens is 4. The van der Waals surface area contributed by atoms with Gasteiger partial charge in [0.15, 0.2) is 0 Å². The molecule has 0 spiro atoms. The number of carbonyl (C=O) groups is 2. The van der Waals surface area contributed by atoms with Gasteiger partial charge >= 0.3 is 0 Å². The zero-order chi connectivity index (χ0) is 31.9. The van der Waals surface area contributed by atoms with E-state index >= 15 is 0 Å². The lowest BCUT2D eigenvalue weighted by atomic mass is 9.81. The Labute approximate surface area is 256 Å². The molecule has 3 fully saturated rings. The number of methoxy groups -OCH3 is 1. The molecule has 16 heteroatoms. The zero-order valence-corrected chi connectivity index (χ0v) is 25.0. The fourth-order valence-corrected chi connectivity index (χ4v) is 6.55. The maximum atomic E-state index is 14.0. The number of nitrogens with zero attached hydrogens (tertiary/aromatic N) is 7. The van der Waals surface area contributed by atoms with Gasteiger partial charge in [0.05, 0.1) is 42.0 Å². The number of fused-ring (bicyclic) bond motifs is 1. The van der Waals surface area contributed by atoms with Gasteiger partial charge in [-0.1, -0.05) is 0 Å². The monoisotopic (exact) mass is 636 g/mol. The number of alkyl halides is 4. The van der Waals surface area contributed by atoms with Crippen molar-refractivity contribution in [2.75, 3.05) is 20.3 Å². The molecule has 1 aliphatic carbocycles. The molecule has 2 saturated heterocycles. The lowest BCUT2D eigenvalue weighted by molar-refractivity contribution is -0.174. The summed E-state index contributed by atoms with van der Waals surface area (Å²) in [4.78, 5) is 37.7. The van der Waals surface area contributed by atoms with Crippen molar-refractivity contribution in [3.05, 3.63) is 41.7 Å². The van der Waals surface area contributed by atoms with Crippen LogP contribution in [-0.4, -0.2) is 90.4 Å². The molecule has 3 aromatic rings. The number of hydrogen-bond donors (Lipinski definition) is 1. The summed E-state index contributed by atoms with van der Waals surface area (Å²) >= 11 is 0. The lowest BCUT2D eigenvalue weighted by Gasteiger charge is -2.41. The largest absolute Gasteiger partial charge is 0.381 e. The quantitative estimate of drug-likeness (QED) is 0.390. The van der Waals surface area contributed by atoms with Crippen molar-refractivity contribution in [1.29, 1.82) is 0 Å². The molecule has 3 aromatic heterocycles. The number of hydrogen-bond acceptors (Lipinski definition) is 8. The Hall–Kier alpha value is -3.66. The first kappa shape index (κ1) is 31.3. The summed E-state index contributed by atoms with van der Waals surface area (Å²) in [6.07, 6.45) is 3.72. The van der Waals surface area contributed by atoms with Crippen LogP contribution in [0.5, 0.6) is 0 Å². The Morgan fingerprint density at radius 1 is 1.07 bits per heavy atom. The molecule has 1 N–H and O–H groups in total. The number of amides is 2. The molecule has 1 saturated carbocycles. The van der Waals surface area contributed by atoms with Gasteiger partial charge in [-0.15, -0.1) is 0 Å². The molecule has 0 aromatic carbocycles. The Morgan fingerprint density at radius 3 is 2.49 bits per heavy atom. The van der Waals surface area contributed by atoms with Crippen molar-refractivity contribution in [2.45, 2.75) is 87.5 Å². The first-order valence-corrected chi connectivity index (χ1v) is 15.1. The van der Waals surface area contributed by atoms with Crippen molar-refractivity contribution < 1.29 is 36.6 Å². The maximum absolute atomic E-state index is 14.0. The van der Waals surface area contributed by atoms with Gasteiger partial charge in [-0.05, 0) is 44.1 Å². The molecule has 2 aliphatic heterocycles. The first-order chi connectivity index (χ1) is 21.4. The highest BCUT2D eigenvalue weighted by molar-refractivity contribution is 5.92. The average molecular weight is 637 g/mol. The van der Waals surface area contributed by atoms with Crippen LogP contribution in [0.3, 0.4) is 0 Å². The number of piperidine rings is 1. The fraction of sp³-hybridized carbons (Fsp3) is 0.655. The molecule has 4 unspecified atom stereocenters. The molecule has 5 heterocycles. The molecule has 0 radical (unpaired) electrons. The molecule has 3 aliphatic rings. The summed E-state index contributed by atoms with van der Waals surface area (Å²) in [5, 5.41) is 11.5. The number of ether oxygens (including phenoxy) is 2. The van der Waals surface area contributed by atoms with Gasteiger partial charge in [0.2, 0.25) is 5.92 Å². The van der Waals surface area contributed by atoms with E-state index in [1.807, 2.05) is 0 Å². The van der Waals surface area contributed by atoms with Crippen LogP contribution in [0.25, 0.3) is 5.78 Å². The van der Waals surface area contributed by atoms with E-state index in [4.69, 9.17) is 14.5 Å². The minimum Gasteiger partial charge on any atom is -0.381 e. The van der Waals surface area contributed by atoms with Crippen LogP contribution in [0, 0.1) is 5.92 Å². The molecular formula is C29H36F4N8O4. The second kappa shape index (κ2) is 12.3. The third-order valence-corrected chi connectivity index (χ3v) is 9.18. The number of aryl methyl sites for hydroxylation is 1. The standard InChI is InChI=1S/C29H36F4N8O4/c1-39-21(6-11-34-39)25(42)38-24(17-3-8-28(30,31)9-4-17)20-15-41-27(37-20)36-19(14-35-41)22-13-18(44-2)7-12-40(22)26(43)23-5-10-29(32,33)16-45-23/h6,11,14-15,17-18,22-24H,3-5,7-10,12-13,16H2,1-2H3,(H,38,42). The van der Waals surface area contributed by atoms with Crippen LogP contribution in [0.15, 0.2) is 24.7 Å². The molecular weight excluding hydrogens is 600 g/mol. The van der Waals surface area contributed by atoms with E-state index in [0.29, 0.717) is 36.5 Å². The average Bonchev–Trinajstić information content (AvgIpc) is 3.65. The third-order valence-electron chi connectivity index (χ3n) is 9.18. The van der Waals surface area contributed by atoms with Gasteiger partial charge in [0, 0.05) is 46.2 Å². The predicted octanol–water partition coefficient (Wildman–Crippen LogP) is 3.65. The SMILES string of the molecule is COC1CCN(C(=O)C2CCC(F)(F)CO2)C(c2cnn3cc(C(NC(=O)c4ccnn4C)C4CCC(F)(F)CC4)nc3n2)C1. The Morgan fingerprint density at radius 2 is 1.82 bits per heavy atom. The van der Waals surface area contributed by atoms with E-state index in [0.717, 1.165) is 0 Å². The predicted molar refractivity (Wildman–Crippen MR) is 150 cm³/mol. The van der Waals surface area contributed by atoms with Crippen LogP contribution in [-0.2, 0) is 21.3 Å². The fourth-order valence-electron chi connectivity index (χ4n) is 6.55. The van der Waals surface area contributed by atoms with Crippen molar-refractivity contribution >= 4 is 17.6 Å². The molecule has 6 rings (SSSR count). The van der Waals surface area contributed by atoms with Crippen molar-refractivity contribution in [3.8, 4) is 0 Å². The Balaban J connectivity index is 1.28. The summed E-state index contributed by atoms with van der Waals surface area (Å²) in [7, 11) is 3.22. The second-order valence-electron chi connectivity index (χ2n) is 12.2. The molecule has 12 nitrogen and oxygen atoms in total. The highest BCUT2D eigenvalue weighted by atomic mass is 19.3. The van der Waals surface area contributed by atoms with Gasteiger partial charge < -0.3 is 19.7 Å². The van der Waals surface area contributed by atoms with Crippen molar-refractivity contribution in [3.63, 3.8) is 0 Å². The molecule has 244 valence electrons. The number of nitrogens with one attached hydrogen (secondary N) is 1. The van der Waals surface area contributed by atoms with Crippen LogP contribution in [0.2, 0.25) is 0 Å². The van der Waals surface area contributed by atoms with E-state index in [1.54, 1.807) is 31.3 Å². The van der Waals surface area contributed by atoms with E-state index < -0.39 is 49.0 Å². The molecule has 45 heavy (non-hydrogen) atoms. The van der Waals surface area contributed by atoms with Gasteiger partial charge in [0.25, 0.3) is 23.5 Å². The minimum absolute atomic E-state index is 0.0872. The van der Waals surface area contributed by atoms with Gasteiger partial charge in [-0.3, -0.25) is 14.3 Å². The van der Waals surface area contributed by atoms with Crippen molar-refractivity contribution in [2.24, 2.45) is 13.0 Å². The van der Waals surface area contributed by atoms with Crippen LogP contribution >= 0.6 is 0 Å². The number of rotatable bonds is 7. The number of carbonyl (C=O) groups excluding carboxylic acids is 2. The maximum Gasteiger partial charge on any atom is 0.271 e. The number of aromatic nitrogens is 6. The molecule has 0 bridgehead atoms. The Bertz CT molecular complexity index is 1530. The summed E-state index contributed by atoms with van der Waals surface area (Å²) in [5.74, 6) is -6.62. The Kier molecular flexibility index (Phi) is 8.54. The highest BCUT2D eigenvalue weighted by Crippen LogP contribution is 2.41. The van der Waals surface area contributed by atoms with E-state index in [1.165, 1.54) is 21.6 Å². The topological polar surface area (TPSA) is 129 Å². The summed E-state index contributed by atoms with van der Waals surface area (Å²) in [6, 6.07) is 0.304. The third kappa shape index (κ3) is 6.66. The normalized spacial score (nSPS) is 26.1. The number of likely N-dealkylation sites (tertiary alicyclic amines) is 1. The molecule has 4 atom stereocenters. The minimum atomic E-state index is -2.96. The molecule has 2 amide bonds. The summed E-state index contributed by atoms with van der Waals surface area (Å²) in [5.41, 5.74) is 1.16. The van der Waals surface area contributed by atoms with Gasteiger partial charge in [-0.25, -0.2) is 32.0 Å². The summed E-state index contributed by atoms with van der Waals surface area (Å²) in [6.45, 7) is -0.485. The van der Waals surface area contributed by atoms with E-state index in [2.05, 4.69) is 20.5 Å². The van der Waals surface area contributed by atoms with Gasteiger partial charge in [0.1, 0.15) is 18.4 Å². The zero-order valence-electron chi connectivity index (χ0n) is 25.0. The van der Waals surface area contributed by atoms with Gasteiger partial charge in [-0.2, -0.15) is 10.2 Å². The number of imidazole rings is 1. The lowest BCUT2D eigenvalue weighted by Crippen LogP contribution is -2.50. The van der Waals surface area contributed by atoms with Crippen LogP contribution in [0.1, 0.15) is 85.3 Å². The summed E-state index contributed by atoms with van der Waals surface area (Å²) < 4.78 is 69.2. The van der Waals surface area contributed by atoms with E-state index in [-0.39, 0.29) is 55.8 Å². The van der Waals surface area contributed by atoms with E-state index in [9.17, 15) is 27.2 Å². The highest BCUT2D eigenvalue weighted by Gasteiger charge is 2.43. The second-order valence-corrected chi connectivity index (χ2v) is 12.2. The smallest absolute Gasteiger partial charge is 0.271 e. The van der Waals surface area contributed by atoms with Crippen molar-refractivity contribution in [1.82, 2.24) is 39.6 Å². The van der Waals surface area contributed by atoms with Crippen LogP contribution in [0.4, 0.5) is 17.6 Å². The van der Waals surface area contributed by atoms with Crippen LogP contribution < -0.4 is 5.32 Å². The first-order valence-electron chi connectivity index (χ1n) is 15.1.